The van der Waals surface area contributed by atoms with Gasteiger partial charge in [-0.25, -0.2) is 12.7 Å². The largest absolute Gasteiger partial charge is 0.482 e. The number of rotatable bonds is 4. The Morgan fingerprint density at radius 3 is 2.17 bits per heavy atom. The van der Waals surface area contributed by atoms with E-state index in [1.165, 1.54) is 11.4 Å². The van der Waals surface area contributed by atoms with Crippen LogP contribution in [0, 0.1) is 13.8 Å². The van der Waals surface area contributed by atoms with E-state index in [1.807, 2.05) is 74.5 Å². The fraction of sp³-hybridized carbons (Fsp3) is 0.167. The Labute approximate surface area is 172 Å². The fourth-order valence-corrected chi connectivity index (χ4v) is 5.28. The molecule has 0 radical (unpaired) electrons. The number of aryl methyl sites for hydroxylation is 2. The Balaban J connectivity index is 1.98. The van der Waals surface area contributed by atoms with E-state index in [9.17, 15) is 8.42 Å². The van der Waals surface area contributed by atoms with E-state index < -0.39 is 16.1 Å². The van der Waals surface area contributed by atoms with E-state index in [4.69, 9.17) is 4.74 Å². The lowest BCUT2D eigenvalue weighted by molar-refractivity contribution is 0.193. The van der Waals surface area contributed by atoms with Crippen LogP contribution in [0.4, 0.5) is 0 Å². The summed E-state index contributed by atoms with van der Waals surface area (Å²) in [6.45, 7) is 3.94. The van der Waals surface area contributed by atoms with Gasteiger partial charge in [-0.15, -0.1) is 0 Å². The van der Waals surface area contributed by atoms with Gasteiger partial charge < -0.3 is 4.74 Å². The summed E-state index contributed by atoms with van der Waals surface area (Å²) in [5.74, 6) is 0.302. The fourth-order valence-electron chi connectivity index (χ4n) is 3.69. The van der Waals surface area contributed by atoms with Gasteiger partial charge in [0.25, 0.3) is 10.0 Å². The zero-order valence-corrected chi connectivity index (χ0v) is 17.5. The average molecular weight is 406 g/mol. The number of fused-ring (bicyclic) bond motifs is 1. The summed E-state index contributed by atoms with van der Waals surface area (Å²) < 4.78 is 34.5. The molecule has 0 N–H and O–H groups in total. The molecule has 3 aromatic carbocycles. The van der Waals surface area contributed by atoms with E-state index >= 15 is 0 Å². The molecule has 0 spiro atoms. The van der Waals surface area contributed by atoms with Crippen molar-refractivity contribution in [1.82, 2.24) is 4.31 Å². The summed E-state index contributed by atoms with van der Waals surface area (Å²) >= 11 is 0. The third-order valence-corrected chi connectivity index (χ3v) is 6.95. The van der Waals surface area contributed by atoms with Gasteiger partial charge in [0.05, 0.1) is 18.0 Å². The van der Waals surface area contributed by atoms with Crippen LogP contribution in [-0.4, -0.2) is 19.8 Å². The molecule has 1 aliphatic rings. The molecule has 0 saturated carbocycles. The Kier molecular flexibility index (Phi) is 4.92. The Hall–Kier alpha value is -3.05. The summed E-state index contributed by atoms with van der Waals surface area (Å²) in [6.07, 6.45) is 1.79. The molecule has 148 valence electrons. The second-order valence-electron chi connectivity index (χ2n) is 7.25. The van der Waals surface area contributed by atoms with E-state index in [0.29, 0.717) is 5.88 Å². The van der Waals surface area contributed by atoms with Gasteiger partial charge in [0.1, 0.15) is 0 Å². The van der Waals surface area contributed by atoms with Crippen molar-refractivity contribution in [3.8, 4) is 0 Å². The molecule has 1 heterocycles. The predicted octanol–water partition coefficient (Wildman–Crippen LogP) is 5.04. The SMILES string of the molecule is COC1=Cc2ccc(C)cc2[C@@H](c2ccccc2)N1S(=O)(=O)c1ccc(C)cc1. The third-order valence-electron chi connectivity index (χ3n) is 5.17. The third kappa shape index (κ3) is 3.42. The smallest absolute Gasteiger partial charge is 0.267 e. The highest BCUT2D eigenvalue weighted by Gasteiger charge is 2.39. The zero-order valence-electron chi connectivity index (χ0n) is 16.7. The highest BCUT2D eigenvalue weighted by molar-refractivity contribution is 7.89. The summed E-state index contributed by atoms with van der Waals surface area (Å²) in [4.78, 5) is 0.239. The summed E-state index contributed by atoms with van der Waals surface area (Å²) in [5, 5.41) is 0. The lowest BCUT2D eigenvalue weighted by Crippen LogP contribution is -2.37. The molecule has 0 bridgehead atoms. The molecule has 5 heteroatoms. The van der Waals surface area contributed by atoms with Gasteiger partial charge in [-0.1, -0.05) is 71.8 Å². The maximum Gasteiger partial charge on any atom is 0.267 e. The first-order valence-corrected chi connectivity index (χ1v) is 10.9. The van der Waals surface area contributed by atoms with Crippen molar-refractivity contribution in [2.45, 2.75) is 24.8 Å². The maximum atomic E-state index is 13.8. The topological polar surface area (TPSA) is 46.6 Å². The van der Waals surface area contributed by atoms with Gasteiger partial charge in [-0.05, 0) is 42.7 Å². The molecule has 0 aliphatic carbocycles. The monoisotopic (exact) mass is 405 g/mol. The quantitative estimate of drug-likeness (QED) is 0.611. The van der Waals surface area contributed by atoms with Crippen molar-refractivity contribution >= 4 is 16.1 Å². The van der Waals surface area contributed by atoms with Crippen molar-refractivity contribution in [3.05, 3.63) is 106 Å². The first kappa shape index (κ1) is 19.3. The minimum atomic E-state index is -3.85. The minimum absolute atomic E-state index is 0.239. The average Bonchev–Trinajstić information content (AvgIpc) is 2.73. The number of ether oxygens (including phenoxy) is 1. The number of hydrogen-bond acceptors (Lipinski definition) is 3. The van der Waals surface area contributed by atoms with Crippen LogP contribution in [0.5, 0.6) is 0 Å². The van der Waals surface area contributed by atoms with Crippen LogP contribution >= 0.6 is 0 Å². The van der Waals surface area contributed by atoms with Gasteiger partial charge in [-0.3, -0.25) is 0 Å². The molecular formula is C24H23NO3S. The highest BCUT2D eigenvalue weighted by Crippen LogP contribution is 2.42. The molecule has 3 aromatic rings. The van der Waals surface area contributed by atoms with Crippen LogP contribution in [-0.2, 0) is 14.8 Å². The molecule has 0 unspecified atom stereocenters. The van der Waals surface area contributed by atoms with Crippen LogP contribution in [0.3, 0.4) is 0 Å². The number of methoxy groups -OCH3 is 1. The molecule has 0 saturated heterocycles. The van der Waals surface area contributed by atoms with Gasteiger partial charge in [0, 0.05) is 6.08 Å². The van der Waals surface area contributed by atoms with Gasteiger partial charge >= 0.3 is 0 Å². The summed E-state index contributed by atoms with van der Waals surface area (Å²) in [7, 11) is -2.35. The molecule has 0 aromatic heterocycles. The second-order valence-corrected chi connectivity index (χ2v) is 9.06. The van der Waals surface area contributed by atoms with Crippen LogP contribution in [0.15, 0.2) is 83.6 Å². The van der Waals surface area contributed by atoms with Gasteiger partial charge in [0.2, 0.25) is 5.88 Å². The second kappa shape index (κ2) is 7.41. The summed E-state index contributed by atoms with van der Waals surface area (Å²) in [5.41, 5.74) is 4.86. The predicted molar refractivity (Wildman–Crippen MR) is 115 cm³/mol. The molecule has 0 fully saturated rings. The minimum Gasteiger partial charge on any atom is -0.482 e. The zero-order chi connectivity index (χ0) is 20.6. The standard InChI is InChI=1S/C24H23NO3S/c1-17-10-13-21(14-11-17)29(26,27)25-23(28-3)16-20-12-9-18(2)15-22(20)24(25)19-7-5-4-6-8-19/h4-16,24H,1-3H3/t24-/m1/s1. The van der Waals surface area contributed by atoms with Gasteiger partial charge in [-0.2, -0.15) is 0 Å². The molecule has 4 nitrogen and oxygen atoms in total. The van der Waals surface area contributed by atoms with E-state index in [-0.39, 0.29) is 4.90 Å². The Bertz CT molecular complexity index is 1170. The Morgan fingerprint density at radius 1 is 0.862 bits per heavy atom. The van der Waals surface area contributed by atoms with Crippen molar-refractivity contribution in [2.24, 2.45) is 0 Å². The molecule has 1 aliphatic heterocycles. The molecule has 0 amide bonds. The lowest BCUT2D eigenvalue weighted by atomic mass is 9.91. The normalized spacial score (nSPS) is 16.2. The molecule has 29 heavy (non-hydrogen) atoms. The van der Waals surface area contributed by atoms with Crippen molar-refractivity contribution in [2.75, 3.05) is 7.11 Å². The van der Waals surface area contributed by atoms with Gasteiger partial charge in [0.15, 0.2) is 0 Å². The van der Waals surface area contributed by atoms with Crippen LogP contribution in [0.25, 0.3) is 6.08 Å². The summed E-state index contributed by atoms with van der Waals surface area (Å²) in [6, 6.07) is 22.1. The first-order valence-electron chi connectivity index (χ1n) is 9.44. The first-order chi connectivity index (χ1) is 13.9. The lowest BCUT2D eigenvalue weighted by Gasteiger charge is -2.37. The highest BCUT2D eigenvalue weighted by atomic mass is 32.2. The number of sulfonamides is 1. The van der Waals surface area contributed by atoms with Crippen LogP contribution in [0.2, 0.25) is 0 Å². The van der Waals surface area contributed by atoms with Crippen molar-refractivity contribution < 1.29 is 13.2 Å². The van der Waals surface area contributed by atoms with E-state index in [2.05, 4.69) is 0 Å². The molecule has 1 atom stereocenters. The Morgan fingerprint density at radius 2 is 1.52 bits per heavy atom. The molecule has 4 rings (SSSR count). The van der Waals surface area contributed by atoms with Crippen molar-refractivity contribution in [1.29, 1.82) is 0 Å². The van der Waals surface area contributed by atoms with Crippen LogP contribution < -0.4 is 0 Å². The molecular weight excluding hydrogens is 382 g/mol. The van der Waals surface area contributed by atoms with E-state index in [0.717, 1.165) is 27.8 Å². The van der Waals surface area contributed by atoms with Crippen molar-refractivity contribution in [3.63, 3.8) is 0 Å². The number of nitrogens with zero attached hydrogens (tertiary/aromatic N) is 1. The maximum absolute atomic E-state index is 13.8. The number of hydrogen-bond donors (Lipinski definition) is 0. The number of benzene rings is 3. The van der Waals surface area contributed by atoms with E-state index in [1.54, 1.807) is 18.2 Å². The van der Waals surface area contributed by atoms with Crippen LogP contribution in [0.1, 0.15) is 33.9 Å².